The van der Waals surface area contributed by atoms with Gasteiger partial charge in [0.2, 0.25) is 0 Å². The van der Waals surface area contributed by atoms with Crippen LogP contribution < -0.4 is 0 Å². The van der Waals surface area contributed by atoms with Crippen LogP contribution in [0.15, 0.2) is 24.3 Å². The number of phenols is 6. The molecule has 0 unspecified atom stereocenters. The van der Waals surface area contributed by atoms with Crippen LogP contribution in [0.2, 0.25) is 0 Å². The average Bonchev–Trinajstić information content (AvgIpc) is 2.49. The minimum atomic E-state index is -1.29. The molecule has 0 amide bonds. The molecule has 0 saturated heterocycles. The number of phenolic OH excluding ortho intramolecular Hbond substituents is 6. The Morgan fingerprint density at radius 2 is 0.760 bits per heavy atom. The molecule has 8 N–H and O–H groups in total. The van der Waals surface area contributed by atoms with E-state index in [4.69, 9.17) is 40.9 Å². The molecule has 0 heterocycles. The number of carboxylic acid groups (broad SMARTS) is 2. The summed E-state index contributed by atoms with van der Waals surface area (Å²) in [7, 11) is 0. The summed E-state index contributed by atoms with van der Waals surface area (Å²) in [5, 5.41) is 69.9. The van der Waals surface area contributed by atoms with Crippen LogP contribution in [0.3, 0.4) is 0 Å². The number of carbonyl (C=O) groups is 2. The van der Waals surface area contributed by atoms with Gasteiger partial charge in [-0.05, 0) is 24.3 Å². The average molecular weight is 399 g/mol. The maximum atomic E-state index is 10.3. The second-order valence-electron chi connectivity index (χ2n) is 4.34. The van der Waals surface area contributed by atoms with Gasteiger partial charge in [-0.2, -0.15) is 0 Å². The number of hydrogen-bond acceptors (Lipinski definition) is 8. The van der Waals surface area contributed by atoms with E-state index in [9.17, 15) is 9.59 Å². The van der Waals surface area contributed by atoms with Gasteiger partial charge in [0.15, 0.2) is 34.5 Å². The van der Waals surface area contributed by atoms with Crippen molar-refractivity contribution in [1.82, 2.24) is 0 Å². The van der Waals surface area contributed by atoms with E-state index in [2.05, 4.69) is 0 Å². The number of hydrogen-bond donors (Lipinski definition) is 8. The molecule has 0 atom stereocenters. The fourth-order valence-electron chi connectivity index (χ4n) is 1.46. The van der Waals surface area contributed by atoms with Crippen LogP contribution in [-0.2, 0) is 16.5 Å². The van der Waals surface area contributed by atoms with E-state index in [0.717, 1.165) is 24.3 Å². The molecule has 0 radical (unpaired) electrons. The predicted molar refractivity (Wildman–Crippen MR) is 76.8 cm³/mol. The third-order valence-corrected chi connectivity index (χ3v) is 2.63. The largest absolute Gasteiger partial charge is 0.504 e. The van der Waals surface area contributed by atoms with Crippen molar-refractivity contribution < 1.29 is 66.9 Å². The summed E-state index contributed by atoms with van der Waals surface area (Å²) in [5.74, 6) is -6.67. The minimum absolute atomic E-state index is 0. The van der Waals surface area contributed by atoms with Gasteiger partial charge in [-0.3, -0.25) is 0 Å². The molecule has 2 aromatic rings. The van der Waals surface area contributed by atoms with Crippen LogP contribution in [0.5, 0.6) is 34.5 Å². The first-order valence-corrected chi connectivity index (χ1v) is 6.01. The quantitative estimate of drug-likeness (QED) is 0.267. The summed E-state index contributed by atoms with van der Waals surface area (Å²) >= 11 is 0. The van der Waals surface area contributed by atoms with Gasteiger partial charge in [0.1, 0.15) is 0 Å². The Labute approximate surface area is 149 Å². The Morgan fingerprint density at radius 1 is 0.560 bits per heavy atom. The number of carboxylic acids is 2. The molecule has 0 spiro atoms. The van der Waals surface area contributed by atoms with Gasteiger partial charge in [-0.25, -0.2) is 9.59 Å². The van der Waals surface area contributed by atoms with Crippen molar-refractivity contribution in [2.45, 2.75) is 0 Å². The Kier molecular flexibility index (Phi) is 7.37. The minimum Gasteiger partial charge on any atom is -0.504 e. The van der Waals surface area contributed by atoms with Crippen LogP contribution in [-0.4, -0.2) is 52.8 Å². The zero-order valence-corrected chi connectivity index (χ0v) is 13.0. The number of rotatable bonds is 2. The second-order valence-corrected chi connectivity index (χ2v) is 4.34. The SMILES string of the molecule is O=C(O)c1cc(O)c(O)c(O)c1.O=C(O)c1cc(O)c(O)c(O)c1.[Ni]. The van der Waals surface area contributed by atoms with Gasteiger partial charge in [0.05, 0.1) is 11.1 Å². The second kappa shape index (κ2) is 8.50. The normalized spacial score (nSPS) is 9.28. The van der Waals surface area contributed by atoms with Gasteiger partial charge in [-0.1, -0.05) is 0 Å². The van der Waals surface area contributed by atoms with E-state index in [1.54, 1.807) is 0 Å². The van der Waals surface area contributed by atoms with Crippen LogP contribution in [0.25, 0.3) is 0 Å². The van der Waals surface area contributed by atoms with Gasteiger partial charge in [0.25, 0.3) is 0 Å². The van der Waals surface area contributed by atoms with Gasteiger partial charge < -0.3 is 40.9 Å². The molecule has 10 nitrogen and oxygen atoms in total. The zero-order valence-electron chi connectivity index (χ0n) is 12.0. The molecule has 0 bridgehead atoms. The van der Waals surface area contributed by atoms with Crippen molar-refractivity contribution in [3.63, 3.8) is 0 Å². The van der Waals surface area contributed by atoms with Crippen LogP contribution in [0, 0.1) is 0 Å². The number of benzene rings is 2. The molecule has 0 aliphatic carbocycles. The first-order valence-electron chi connectivity index (χ1n) is 6.01. The fraction of sp³-hybridized carbons (Fsp3) is 0. The molecule has 0 aliphatic heterocycles. The molecular formula is C14H12NiO10. The van der Waals surface area contributed by atoms with Crippen LogP contribution >= 0.6 is 0 Å². The van der Waals surface area contributed by atoms with E-state index in [0.29, 0.717) is 0 Å². The van der Waals surface area contributed by atoms with Crippen LogP contribution in [0.1, 0.15) is 20.7 Å². The number of aromatic hydroxyl groups is 6. The summed E-state index contributed by atoms with van der Waals surface area (Å²) < 4.78 is 0. The molecule has 25 heavy (non-hydrogen) atoms. The molecule has 138 valence electrons. The molecule has 0 saturated carbocycles. The third-order valence-electron chi connectivity index (χ3n) is 2.63. The van der Waals surface area contributed by atoms with Crippen molar-refractivity contribution >= 4 is 11.9 Å². The number of aromatic carboxylic acids is 2. The molecule has 0 fully saturated rings. The van der Waals surface area contributed by atoms with E-state index in [1.807, 2.05) is 0 Å². The van der Waals surface area contributed by atoms with Crippen molar-refractivity contribution in [3.8, 4) is 34.5 Å². The van der Waals surface area contributed by atoms with Gasteiger partial charge >= 0.3 is 11.9 Å². The molecule has 2 rings (SSSR count). The van der Waals surface area contributed by atoms with Crippen molar-refractivity contribution in [1.29, 1.82) is 0 Å². The van der Waals surface area contributed by atoms with E-state index in [-0.39, 0.29) is 27.6 Å². The molecular weight excluding hydrogens is 387 g/mol. The molecule has 11 heteroatoms. The summed E-state index contributed by atoms with van der Waals surface area (Å²) in [6.07, 6.45) is 0. The van der Waals surface area contributed by atoms with E-state index in [1.165, 1.54) is 0 Å². The third kappa shape index (κ3) is 5.36. The first kappa shape index (κ1) is 21.7. The van der Waals surface area contributed by atoms with E-state index >= 15 is 0 Å². The zero-order chi connectivity index (χ0) is 18.6. The van der Waals surface area contributed by atoms with Crippen molar-refractivity contribution in [2.75, 3.05) is 0 Å². The Hall–Kier alpha value is -3.33. The predicted octanol–water partition coefficient (Wildman–Crippen LogP) is 1.00. The topological polar surface area (TPSA) is 196 Å². The molecule has 0 aromatic heterocycles. The van der Waals surface area contributed by atoms with Crippen LogP contribution in [0.4, 0.5) is 0 Å². The summed E-state index contributed by atoms with van der Waals surface area (Å²) in [6.45, 7) is 0. The van der Waals surface area contributed by atoms with E-state index < -0.39 is 46.4 Å². The van der Waals surface area contributed by atoms with Crippen molar-refractivity contribution in [3.05, 3.63) is 35.4 Å². The Balaban J connectivity index is 0.000000443. The molecule has 2 aromatic carbocycles. The van der Waals surface area contributed by atoms with Gasteiger partial charge in [-0.15, -0.1) is 0 Å². The van der Waals surface area contributed by atoms with Gasteiger partial charge in [0, 0.05) is 16.5 Å². The molecule has 0 aliphatic rings. The standard InChI is InChI=1S/2C7H6O5.Ni/c2*8-4-1-3(7(11)12)2-5(9)6(4)10;/h2*1-2,8-10H,(H,11,12);. The fourth-order valence-corrected chi connectivity index (χ4v) is 1.46. The Morgan fingerprint density at radius 3 is 0.920 bits per heavy atom. The monoisotopic (exact) mass is 398 g/mol. The summed E-state index contributed by atoms with van der Waals surface area (Å²) in [4.78, 5) is 20.6. The summed E-state index contributed by atoms with van der Waals surface area (Å²) in [5.41, 5.74) is -0.578. The first-order chi connectivity index (χ1) is 11.0. The summed E-state index contributed by atoms with van der Waals surface area (Å²) in [6, 6.07) is 3.38. The maximum Gasteiger partial charge on any atom is 0.335 e. The smallest absolute Gasteiger partial charge is 0.335 e. The van der Waals surface area contributed by atoms with Crippen molar-refractivity contribution in [2.24, 2.45) is 0 Å². The Bertz CT molecular complexity index is 689. The maximum absolute atomic E-state index is 10.3.